The van der Waals surface area contributed by atoms with Crippen LogP contribution in [0.15, 0.2) is 91.0 Å². The summed E-state index contributed by atoms with van der Waals surface area (Å²) in [6, 6.07) is 28.8. The third kappa shape index (κ3) is 6.54. The van der Waals surface area contributed by atoms with Crippen molar-refractivity contribution in [2.75, 3.05) is 4.43 Å². The summed E-state index contributed by atoms with van der Waals surface area (Å²) in [7, 11) is -3.79. The topological polar surface area (TPSA) is 44.8 Å². The van der Waals surface area contributed by atoms with E-state index in [9.17, 15) is 4.57 Å². The Morgan fingerprint density at radius 1 is 0.714 bits per heavy atom. The lowest BCUT2D eigenvalue weighted by Crippen LogP contribution is -2.08. The van der Waals surface area contributed by atoms with E-state index in [0.29, 0.717) is 4.43 Å². The molecule has 0 aliphatic heterocycles. The second kappa shape index (κ2) is 10.9. The lowest BCUT2D eigenvalue weighted by molar-refractivity contribution is 0.0783. The molecule has 146 valence electrons. The van der Waals surface area contributed by atoms with Crippen molar-refractivity contribution in [3.05, 3.63) is 108 Å². The van der Waals surface area contributed by atoms with Gasteiger partial charge in [-0.3, -0.25) is 13.6 Å². The predicted molar refractivity (Wildman–Crippen MR) is 119 cm³/mol. The highest BCUT2D eigenvalue weighted by molar-refractivity contribution is 14.1. The molecule has 6 heteroatoms. The first kappa shape index (κ1) is 21.2. The fraction of sp³-hybridized carbons (Fsp3) is 0.182. The van der Waals surface area contributed by atoms with Crippen LogP contribution in [0.5, 0.6) is 0 Å². The van der Waals surface area contributed by atoms with Crippen LogP contribution >= 0.6 is 30.4 Å². The Kier molecular flexibility index (Phi) is 8.25. The van der Waals surface area contributed by atoms with E-state index in [2.05, 4.69) is 22.6 Å². The molecule has 0 saturated carbocycles. The van der Waals surface area contributed by atoms with Gasteiger partial charge in [-0.15, -0.1) is 0 Å². The highest BCUT2D eigenvalue weighted by atomic mass is 127. The summed E-state index contributed by atoms with van der Waals surface area (Å²) in [4.78, 5) is 0. The van der Waals surface area contributed by atoms with Crippen LogP contribution in [0.4, 0.5) is 0 Å². The van der Waals surface area contributed by atoms with Crippen LogP contribution in [-0.4, -0.2) is 4.43 Å². The summed E-state index contributed by atoms with van der Waals surface area (Å²) >= 11 is 2.22. The Bertz CT molecular complexity index is 827. The number of phosphoric acid groups is 1. The van der Waals surface area contributed by atoms with Gasteiger partial charge in [0.25, 0.3) is 0 Å². The normalized spacial score (nSPS) is 12.6. The van der Waals surface area contributed by atoms with Gasteiger partial charge in [0, 0.05) is 4.43 Å². The van der Waals surface area contributed by atoms with Crippen molar-refractivity contribution in [3.63, 3.8) is 0 Å². The van der Waals surface area contributed by atoms with Crippen LogP contribution in [0.3, 0.4) is 0 Å². The van der Waals surface area contributed by atoms with Crippen LogP contribution < -0.4 is 0 Å². The summed E-state index contributed by atoms with van der Waals surface area (Å²) in [6.07, 6.45) is -0.390. The molecule has 28 heavy (non-hydrogen) atoms. The van der Waals surface area contributed by atoms with Crippen molar-refractivity contribution in [3.8, 4) is 0 Å². The lowest BCUT2D eigenvalue weighted by Gasteiger charge is -2.23. The molecule has 0 bridgehead atoms. The molecule has 0 saturated heterocycles. The third-order valence-corrected chi connectivity index (χ3v) is 6.24. The maximum atomic E-state index is 13.4. The number of alkyl halides is 1. The van der Waals surface area contributed by atoms with E-state index in [1.807, 2.05) is 91.0 Å². The molecule has 0 aliphatic rings. The molecule has 0 aliphatic carbocycles. The van der Waals surface area contributed by atoms with Gasteiger partial charge in [-0.1, -0.05) is 114 Å². The second-order valence-corrected chi connectivity index (χ2v) is 8.63. The van der Waals surface area contributed by atoms with Gasteiger partial charge < -0.3 is 0 Å². The minimum atomic E-state index is -3.79. The highest BCUT2D eigenvalue weighted by Gasteiger charge is 2.31. The summed E-state index contributed by atoms with van der Waals surface area (Å²) in [5.74, 6) is 0. The quantitative estimate of drug-likeness (QED) is 0.173. The van der Waals surface area contributed by atoms with Gasteiger partial charge in [0.2, 0.25) is 0 Å². The molecule has 0 radical (unpaired) electrons. The number of halogens is 1. The minimum absolute atomic E-state index is 0.148. The third-order valence-electron chi connectivity index (χ3n) is 4.03. The summed E-state index contributed by atoms with van der Waals surface area (Å²) in [5, 5.41) is 0. The largest absolute Gasteiger partial charge is 0.476 e. The zero-order valence-corrected chi connectivity index (χ0v) is 18.4. The lowest BCUT2D eigenvalue weighted by atomic mass is 10.1. The molecule has 4 nitrogen and oxygen atoms in total. The highest BCUT2D eigenvalue weighted by Crippen LogP contribution is 2.54. The van der Waals surface area contributed by atoms with Gasteiger partial charge in [-0.2, -0.15) is 0 Å². The standard InChI is InChI=1S/C22H22IO4P/c23-16-22(21-14-8-3-9-15-21)27-28(24,25-17-19-10-4-1-5-11-19)26-18-20-12-6-2-7-13-20/h1-15,22H,16-18H2. The van der Waals surface area contributed by atoms with E-state index < -0.39 is 7.82 Å². The summed E-state index contributed by atoms with van der Waals surface area (Å²) < 4.78 is 31.4. The zero-order chi connectivity index (χ0) is 19.7. The zero-order valence-electron chi connectivity index (χ0n) is 15.3. The first-order valence-corrected chi connectivity index (χ1v) is 11.9. The van der Waals surface area contributed by atoms with Gasteiger partial charge in [0.15, 0.2) is 0 Å². The average molecular weight is 508 g/mol. The van der Waals surface area contributed by atoms with Gasteiger partial charge in [0.05, 0.1) is 13.2 Å². The molecule has 0 fully saturated rings. The van der Waals surface area contributed by atoms with Crippen LogP contribution in [-0.2, 0) is 31.4 Å². The monoisotopic (exact) mass is 508 g/mol. The van der Waals surface area contributed by atoms with Crippen molar-refractivity contribution < 1.29 is 18.1 Å². The van der Waals surface area contributed by atoms with Gasteiger partial charge in [-0.25, -0.2) is 4.57 Å². The molecule has 0 spiro atoms. The number of hydrogen-bond acceptors (Lipinski definition) is 4. The van der Waals surface area contributed by atoms with Crippen LogP contribution in [0, 0.1) is 0 Å². The van der Waals surface area contributed by atoms with E-state index in [4.69, 9.17) is 13.6 Å². The molecule has 3 aromatic rings. The molecule has 0 N–H and O–H groups in total. The van der Waals surface area contributed by atoms with Crippen LogP contribution in [0.25, 0.3) is 0 Å². The van der Waals surface area contributed by atoms with E-state index in [1.165, 1.54) is 0 Å². The smallest absolute Gasteiger partial charge is 0.282 e. The van der Waals surface area contributed by atoms with E-state index in [1.54, 1.807) is 0 Å². The molecule has 1 unspecified atom stereocenters. The maximum Gasteiger partial charge on any atom is 0.476 e. The van der Waals surface area contributed by atoms with Gasteiger partial charge >= 0.3 is 7.82 Å². The van der Waals surface area contributed by atoms with Gasteiger partial charge in [0.1, 0.15) is 6.10 Å². The molecule has 3 rings (SSSR count). The Hall–Kier alpha value is -1.50. The Labute approximate surface area is 179 Å². The number of phosphoric ester groups is 1. The fourth-order valence-electron chi connectivity index (χ4n) is 2.56. The summed E-state index contributed by atoms with van der Waals surface area (Å²) in [5.41, 5.74) is 2.74. The average Bonchev–Trinajstić information content (AvgIpc) is 2.77. The van der Waals surface area contributed by atoms with Crippen molar-refractivity contribution in [2.24, 2.45) is 0 Å². The molecule has 1 atom stereocenters. The summed E-state index contributed by atoms with van der Waals surface area (Å²) in [6.45, 7) is 0.297. The molecule has 3 aromatic carbocycles. The van der Waals surface area contributed by atoms with Crippen LogP contribution in [0.1, 0.15) is 22.8 Å². The Balaban J connectivity index is 1.75. The number of hydrogen-bond donors (Lipinski definition) is 0. The maximum absolute atomic E-state index is 13.4. The van der Waals surface area contributed by atoms with Crippen LogP contribution in [0.2, 0.25) is 0 Å². The Morgan fingerprint density at radius 3 is 1.57 bits per heavy atom. The fourth-order valence-corrected chi connectivity index (χ4v) is 4.85. The number of benzene rings is 3. The minimum Gasteiger partial charge on any atom is -0.282 e. The van der Waals surface area contributed by atoms with Crippen molar-refractivity contribution in [2.45, 2.75) is 19.3 Å². The van der Waals surface area contributed by atoms with Crippen molar-refractivity contribution in [1.29, 1.82) is 0 Å². The SMILES string of the molecule is O=P(OCc1ccccc1)(OCc1ccccc1)OC(CI)c1ccccc1. The molecule has 0 amide bonds. The van der Waals surface area contributed by atoms with E-state index in [-0.39, 0.29) is 19.3 Å². The molecule has 0 heterocycles. The molecular weight excluding hydrogens is 486 g/mol. The molecular formula is C22H22IO4P. The van der Waals surface area contributed by atoms with Gasteiger partial charge in [-0.05, 0) is 16.7 Å². The molecule has 0 aromatic heterocycles. The first-order valence-electron chi connectivity index (χ1n) is 8.95. The van der Waals surface area contributed by atoms with Crippen molar-refractivity contribution in [1.82, 2.24) is 0 Å². The second-order valence-electron chi connectivity index (χ2n) is 6.12. The Morgan fingerprint density at radius 2 is 1.14 bits per heavy atom. The van der Waals surface area contributed by atoms with Crippen molar-refractivity contribution >= 4 is 30.4 Å². The van der Waals surface area contributed by atoms with E-state index >= 15 is 0 Å². The predicted octanol–water partition coefficient (Wildman–Crippen LogP) is 6.72. The number of rotatable bonds is 10. The first-order chi connectivity index (χ1) is 13.7. The van der Waals surface area contributed by atoms with E-state index in [0.717, 1.165) is 16.7 Å².